The number of hydrogen-bond donors (Lipinski definition) is 1. The molecule has 44 valence electrons. The lowest BCUT2D eigenvalue weighted by Crippen LogP contribution is -2.04. The molecule has 1 nitrogen and oxygen atoms in total. The third kappa shape index (κ3) is 4.38. The van der Waals surface area contributed by atoms with Crippen LogP contribution in [0.3, 0.4) is 0 Å². The summed E-state index contributed by atoms with van der Waals surface area (Å²) in [6.07, 6.45) is 1.20. The summed E-state index contributed by atoms with van der Waals surface area (Å²) < 4.78 is 4.99. The molecule has 0 N–H and O–H groups in total. The predicted molar refractivity (Wildman–Crippen MR) is 38.2 cm³/mol. The summed E-state index contributed by atoms with van der Waals surface area (Å²) in [6, 6.07) is 1.18. The van der Waals surface area contributed by atoms with E-state index in [4.69, 9.17) is 4.43 Å². The second-order valence-corrected chi connectivity index (χ2v) is 5.16. The minimum atomic E-state index is -0.987. The van der Waals surface area contributed by atoms with Gasteiger partial charge in [-0.25, -0.2) is 0 Å². The summed E-state index contributed by atoms with van der Waals surface area (Å²) in [6.45, 7) is 2.15. The van der Waals surface area contributed by atoms with Gasteiger partial charge in [-0.15, -0.1) is 0 Å². The van der Waals surface area contributed by atoms with Gasteiger partial charge < -0.3 is 4.43 Å². The highest BCUT2D eigenvalue weighted by atomic mass is 32.3. The largest absolute Gasteiger partial charge is 0.413 e. The van der Waals surface area contributed by atoms with Gasteiger partial charge in [0.2, 0.25) is 8.19 Å². The summed E-state index contributed by atoms with van der Waals surface area (Å²) in [5, 5.41) is 0. The maximum atomic E-state index is 4.99. The van der Waals surface area contributed by atoms with Crippen molar-refractivity contribution >= 4 is 20.3 Å². The van der Waals surface area contributed by atoms with Crippen LogP contribution in [-0.4, -0.2) is 15.3 Å². The Hall–Kier alpha value is 0.527. The van der Waals surface area contributed by atoms with Gasteiger partial charge in [-0.2, -0.15) is 12.1 Å². The van der Waals surface area contributed by atoms with E-state index in [1.165, 1.54) is 12.5 Å². The van der Waals surface area contributed by atoms with Crippen molar-refractivity contribution in [2.24, 2.45) is 0 Å². The van der Waals surface area contributed by atoms with Crippen molar-refractivity contribution in [3.8, 4) is 0 Å². The van der Waals surface area contributed by atoms with Crippen LogP contribution in [0.25, 0.3) is 0 Å². The van der Waals surface area contributed by atoms with Crippen LogP contribution in [0.15, 0.2) is 0 Å². The highest BCUT2D eigenvalue weighted by Gasteiger charge is 1.98. The Balaban J connectivity index is 2.83. The Morgan fingerprint density at radius 1 is 1.71 bits per heavy atom. The molecule has 1 atom stereocenters. The van der Waals surface area contributed by atoms with Gasteiger partial charge in [-0.3, -0.25) is 0 Å². The Kier molecular flexibility index (Phi) is 5.03. The molecule has 1 unspecified atom stereocenters. The molecule has 0 aliphatic heterocycles. The zero-order valence-electron chi connectivity index (χ0n) is 4.85. The summed E-state index contributed by atoms with van der Waals surface area (Å²) in [4.78, 5) is 0. The molecule has 0 aromatic heterocycles. The lowest BCUT2D eigenvalue weighted by molar-refractivity contribution is 0.435. The monoisotopic (exact) mass is 136 g/mol. The van der Waals surface area contributed by atoms with E-state index in [0.717, 1.165) is 0 Å². The number of thiol groups is 1. The quantitative estimate of drug-likeness (QED) is 0.453. The molecule has 0 aromatic carbocycles. The van der Waals surface area contributed by atoms with Crippen LogP contribution < -0.4 is 0 Å². The highest BCUT2D eigenvalue weighted by Crippen LogP contribution is 1.99. The van der Waals surface area contributed by atoms with Crippen LogP contribution in [0.1, 0.15) is 13.3 Å². The van der Waals surface area contributed by atoms with Gasteiger partial charge in [0.15, 0.2) is 0 Å². The van der Waals surface area contributed by atoms with Crippen molar-refractivity contribution < 1.29 is 4.43 Å². The molecule has 0 saturated heterocycles. The Morgan fingerprint density at radius 2 is 2.29 bits per heavy atom. The molecule has 0 aliphatic rings. The molecule has 7 heavy (non-hydrogen) atoms. The number of rotatable bonds is 3. The van der Waals surface area contributed by atoms with E-state index in [1.807, 2.05) is 0 Å². The van der Waals surface area contributed by atoms with Crippen LogP contribution in [0, 0.1) is 0 Å². The van der Waals surface area contributed by atoms with Crippen molar-refractivity contribution in [1.82, 2.24) is 0 Å². The average Bonchev–Trinajstić information content (AvgIpc) is 1.68. The second kappa shape index (κ2) is 4.68. The lowest BCUT2D eigenvalue weighted by Gasteiger charge is -2.00. The fourth-order valence-corrected chi connectivity index (χ4v) is 1.87. The van der Waals surface area contributed by atoms with Gasteiger partial charge >= 0.3 is 0 Å². The molecule has 0 radical (unpaired) electrons. The summed E-state index contributed by atoms with van der Waals surface area (Å²) >= 11 is 4.23. The maximum Gasteiger partial charge on any atom is 0.234 e. The molecule has 0 fully saturated rings. The smallest absolute Gasteiger partial charge is 0.234 e. The average molecular weight is 136 g/mol. The van der Waals surface area contributed by atoms with Gasteiger partial charge in [0.1, 0.15) is 0 Å². The van der Waals surface area contributed by atoms with Gasteiger partial charge in [-0.1, -0.05) is 13.3 Å². The zero-order chi connectivity index (χ0) is 5.70. The predicted octanol–water partition coefficient (Wildman–Crippen LogP) is 1.19. The van der Waals surface area contributed by atoms with Crippen LogP contribution in [0.5, 0.6) is 0 Å². The Bertz CT molecular complexity index is 42.7. The van der Waals surface area contributed by atoms with E-state index in [1.54, 1.807) is 7.11 Å². The Labute approximate surface area is 51.8 Å². The molecular formula is C4H12OSSi. The summed E-state index contributed by atoms with van der Waals surface area (Å²) in [7, 11) is 0.749. The standard InChI is InChI=1S/C4H12OSSi/c1-3-4-7(6)5-2/h6-7H,3-4H2,1-2H3. The van der Waals surface area contributed by atoms with E-state index < -0.39 is 8.19 Å². The van der Waals surface area contributed by atoms with Crippen molar-refractivity contribution in [2.45, 2.75) is 19.4 Å². The molecule has 0 rings (SSSR count). The molecular weight excluding hydrogens is 124 g/mol. The first-order valence-corrected chi connectivity index (χ1v) is 5.87. The molecule has 0 heterocycles. The molecule has 0 aromatic rings. The summed E-state index contributed by atoms with van der Waals surface area (Å²) in [5.74, 6) is 0. The van der Waals surface area contributed by atoms with Gasteiger partial charge in [0.25, 0.3) is 0 Å². The molecule has 0 amide bonds. The fraction of sp³-hybridized carbons (Fsp3) is 1.00. The minimum absolute atomic E-state index is 0.987. The zero-order valence-corrected chi connectivity index (χ0v) is 6.90. The molecule has 0 bridgehead atoms. The van der Waals surface area contributed by atoms with E-state index >= 15 is 0 Å². The topological polar surface area (TPSA) is 9.23 Å². The van der Waals surface area contributed by atoms with Gasteiger partial charge in [0, 0.05) is 7.11 Å². The molecule has 3 heteroatoms. The highest BCUT2D eigenvalue weighted by molar-refractivity contribution is 8.09. The van der Waals surface area contributed by atoms with Gasteiger partial charge in [0.05, 0.1) is 0 Å². The third-order valence-electron chi connectivity index (χ3n) is 0.808. The van der Waals surface area contributed by atoms with E-state index in [0.29, 0.717) is 0 Å². The van der Waals surface area contributed by atoms with Crippen molar-refractivity contribution in [3.63, 3.8) is 0 Å². The lowest BCUT2D eigenvalue weighted by atomic mass is 10.6. The third-order valence-corrected chi connectivity index (χ3v) is 3.83. The summed E-state index contributed by atoms with van der Waals surface area (Å²) in [5.41, 5.74) is 0. The van der Waals surface area contributed by atoms with E-state index in [2.05, 4.69) is 19.0 Å². The molecule has 0 spiro atoms. The molecule has 0 aliphatic carbocycles. The van der Waals surface area contributed by atoms with E-state index in [9.17, 15) is 0 Å². The van der Waals surface area contributed by atoms with Gasteiger partial charge in [-0.05, 0) is 6.04 Å². The first-order chi connectivity index (χ1) is 3.31. The minimum Gasteiger partial charge on any atom is -0.413 e. The first-order valence-electron chi connectivity index (χ1n) is 2.52. The first kappa shape index (κ1) is 7.53. The van der Waals surface area contributed by atoms with Crippen molar-refractivity contribution in [3.05, 3.63) is 0 Å². The van der Waals surface area contributed by atoms with Crippen LogP contribution in [-0.2, 0) is 4.43 Å². The van der Waals surface area contributed by atoms with Crippen LogP contribution >= 0.6 is 12.1 Å². The maximum absolute atomic E-state index is 4.99. The Morgan fingerprint density at radius 3 is 2.43 bits per heavy atom. The molecule has 0 saturated carbocycles. The fourth-order valence-electron chi connectivity index (χ4n) is 0.365. The van der Waals surface area contributed by atoms with Crippen LogP contribution in [0.2, 0.25) is 6.04 Å². The second-order valence-electron chi connectivity index (χ2n) is 1.48. The normalized spacial score (nSPS) is 14.1. The van der Waals surface area contributed by atoms with Crippen molar-refractivity contribution in [2.75, 3.05) is 7.11 Å². The van der Waals surface area contributed by atoms with Crippen molar-refractivity contribution in [1.29, 1.82) is 0 Å². The SMILES string of the molecule is CCC[SiH](S)OC. The number of hydrogen-bond acceptors (Lipinski definition) is 2. The van der Waals surface area contributed by atoms with E-state index in [-0.39, 0.29) is 0 Å². The van der Waals surface area contributed by atoms with Crippen LogP contribution in [0.4, 0.5) is 0 Å².